The molecule has 0 saturated carbocycles. The molecule has 1 heterocycles. The van der Waals surface area contributed by atoms with Crippen LogP contribution in [0.1, 0.15) is 16.3 Å². The standard InChI is InChI=1S/C7H8N2O2/c1-11-5-7-8-3-2-6(4-10)9-7/h2-4H,5H2,1H3. The second-order valence-corrected chi connectivity index (χ2v) is 1.95. The lowest BCUT2D eigenvalue weighted by Crippen LogP contribution is -1.98. The molecule has 0 bridgehead atoms. The summed E-state index contributed by atoms with van der Waals surface area (Å²) < 4.78 is 4.79. The van der Waals surface area contributed by atoms with E-state index in [1.807, 2.05) is 0 Å². The minimum absolute atomic E-state index is 0.335. The summed E-state index contributed by atoms with van der Waals surface area (Å²) in [5.74, 6) is 0.525. The molecule has 1 rings (SSSR count). The van der Waals surface area contributed by atoms with E-state index in [1.54, 1.807) is 13.2 Å². The maximum absolute atomic E-state index is 10.2. The Kier molecular flexibility index (Phi) is 2.68. The van der Waals surface area contributed by atoms with Crippen LogP contribution in [0.5, 0.6) is 0 Å². The molecule has 11 heavy (non-hydrogen) atoms. The SMILES string of the molecule is COCc1nccc(C=O)n1. The van der Waals surface area contributed by atoms with Gasteiger partial charge in [-0.2, -0.15) is 0 Å². The van der Waals surface area contributed by atoms with Gasteiger partial charge in [-0.25, -0.2) is 9.97 Å². The molecule has 0 fully saturated rings. The quantitative estimate of drug-likeness (QED) is 0.589. The predicted molar refractivity (Wildman–Crippen MR) is 38.1 cm³/mol. The number of carbonyl (C=O) groups excluding carboxylic acids is 1. The van der Waals surface area contributed by atoms with E-state index in [0.717, 1.165) is 0 Å². The molecule has 4 nitrogen and oxygen atoms in total. The Morgan fingerprint density at radius 3 is 3.18 bits per heavy atom. The van der Waals surface area contributed by atoms with Gasteiger partial charge in [0, 0.05) is 13.3 Å². The summed E-state index contributed by atoms with van der Waals surface area (Å²) in [6, 6.07) is 1.55. The van der Waals surface area contributed by atoms with Crippen molar-refractivity contribution >= 4 is 6.29 Å². The molecule has 4 heteroatoms. The van der Waals surface area contributed by atoms with Crippen molar-refractivity contribution in [1.82, 2.24) is 9.97 Å². The Labute approximate surface area is 64.2 Å². The number of aldehydes is 1. The lowest BCUT2D eigenvalue weighted by atomic mass is 10.4. The molecular formula is C7H8N2O2. The van der Waals surface area contributed by atoms with E-state index in [4.69, 9.17) is 4.74 Å². The largest absolute Gasteiger partial charge is 0.377 e. The number of nitrogens with zero attached hydrogens (tertiary/aromatic N) is 2. The van der Waals surface area contributed by atoms with Crippen LogP contribution in [-0.4, -0.2) is 23.4 Å². The maximum atomic E-state index is 10.2. The van der Waals surface area contributed by atoms with Crippen LogP contribution in [0.25, 0.3) is 0 Å². The van der Waals surface area contributed by atoms with Crippen LogP contribution in [-0.2, 0) is 11.3 Å². The summed E-state index contributed by atoms with van der Waals surface area (Å²) in [5, 5.41) is 0. The van der Waals surface area contributed by atoms with Crippen molar-refractivity contribution in [3.63, 3.8) is 0 Å². The zero-order chi connectivity index (χ0) is 8.10. The number of carbonyl (C=O) groups is 1. The lowest BCUT2D eigenvalue weighted by Gasteiger charge is -1.96. The molecular weight excluding hydrogens is 144 g/mol. The van der Waals surface area contributed by atoms with E-state index in [-0.39, 0.29) is 0 Å². The number of rotatable bonds is 3. The molecule has 0 unspecified atom stereocenters. The van der Waals surface area contributed by atoms with Gasteiger partial charge in [-0.3, -0.25) is 4.79 Å². The highest BCUT2D eigenvalue weighted by atomic mass is 16.5. The first-order valence-corrected chi connectivity index (χ1v) is 3.13. The minimum Gasteiger partial charge on any atom is -0.377 e. The molecule has 0 aromatic carbocycles. The van der Waals surface area contributed by atoms with Crippen molar-refractivity contribution in [1.29, 1.82) is 0 Å². The number of ether oxygens (including phenoxy) is 1. The summed E-state index contributed by atoms with van der Waals surface area (Å²) in [6.07, 6.45) is 2.21. The molecule has 58 valence electrons. The van der Waals surface area contributed by atoms with E-state index in [9.17, 15) is 4.79 Å². The number of methoxy groups -OCH3 is 1. The van der Waals surface area contributed by atoms with Gasteiger partial charge in [-0.15, -0.1) is 0 Å². The molecule has 0 aliphatic rings. The van der Waals surface area contributed by atoms with Crippen molar-refractivity contribution in [3.8, 4) is 0 Å². The van der Waals surface area contributed by atoms with Crippen molar-refractivity contribution < 1.29 is 9.53 Å². The molecule has 0 radical (unpaired) electrons. The summed E-state index contributed by atoms with van der Waals surface area (Å²) in [7, 11) is 1.55. The van der Waals surface area contributed by atoms with E-state index < -0.39 is 0 Å². The molecule has 0 saturated heterocycles. The Morgan fingerprint density at radius 1 is 1.73 bits per heavy atom. The number of aromatic nitrogens is 2. The Morgan fingerprint density at radius 2 is 2.55 bits per heavy atom. The molecule has 1 aromatic rings. The molecule has 0 aliphatic carbocycles. The normalized spacial score (nSPS) is 9.55. The Bertz CT molecular complexity index is 250. The lowest BCUT2D eigenvalue weighted by molar-refractivity contribution is 0.111. The van der Waals surface area contributed by atoms with Gasteiger partial charge in [-0.1, -0.05) is 0 Å². The molecule has 1 aromatic heterocycles. The van der Waals surface area contributed by atoms with Gasteiger partial charge in [-0.05, 0) is 6.07 Å². The second-order valence-electron chi connectivity index (χ2n) is 1.95. The van der Waals surface area contributed by atoms with Crippen molar-refractivity contribution in [3.05, 3.63) is 23.8 Å². The Balaban J connectivity index is 2.82. The molecule has 0 spiro atoms. The van der Waals surface area contributed by atoms with Gasteiger partial charge in [0.1, 0.15) is 12.3 Å². The van der Waals surface area contributed by atoms with Gasteiger partial charge in [0.15, 0.2) is 12.1 Å². The maximum Gasteiger partial charge on any atom is 0.168 e. The molecule has 0 aliphatic heterocycles. The van der Waals surface area contributed by atoms with Crippen LogP contribution in [0, 0.1) is 0 Å². The van der Waals surface area contributed by atoms with E-state index in [1.165, 1.54) is 6.20 Å². The van der Waals surface area contributed by atoms with E-state index in [0.29, 0.717) is 24.4 Å². The summed E-state index contributed by atoms with van der Waals surface area (Å²) in [4.78, 5) is 18.0. The molecule has 0 amide bonds. The topological polar surface area (TPSA) is 52.1 Å². The average Bonchev–Trinajstić information content (AvgIpc) is 2.06. The van der Waals surface area contributed by atoms with Gasteiger partial charge < -0.3 is 4.74 Å². The van der Waals surface area contributed by atoms with Gasteiger partial charge in [0.25, 0.3) is 0 Å². The first kappa shape index (κ1) is 7.81. The summed E-state index contributed by atoms with van der Waals surface area (Å²) >= 11 is 0. The van der Waals surface area contributed by atoms with Crippen molar-refractivity contribution in [2.45, 2.75) is 6.61 Å². The van der Waals surface area contributed by atoms with Crippen LogP contribution in [0.2, 0.25) is 0 Å². The van der Waals surface area contributed by atoms with Crippen LogP contribution < -0.4 is 0 Å². The zero-order valence-corrected chi connectivity index (χ0v) is 6.15. The third kappa shape index (κ3) is 2.09. The fraction of sp³-hybridized carbons (Fsp3) is 0.286. The van der Waals surface area contributed by atoms with Gasteiger partial charge >= 0.3 is 0 Å². The number of hydrogen-bond donors (Lipinski definition) is 0. The fourth-order valence-electron chi connectivity index (χ4n) is 0.679. The van der Waals surface area contributed by atoms with E-state index in [2.05, 4.69) is 9.97 Å². The van der Waals surface area contributed by atoms with Crippen LogP contribution in [0.3, 0.4) is 0 Å². The first-order valence-electron chi connectivity index (χ1n) is 3.13. The third-order valence-corrected chi connectivity index (χ3v) is 1.12. The summed E-state index contributed by atoms with van der Waals surface area (Å²) in [6.45, 7) is 0.335. The highest BCUT2D eigenvalue weighted by molar-refractivity contribution is 5.71. The van der Waals surface area contributed by atoms with Crippen molar-refractivity contribution in [2.24, 2.45) is 0 Å². The summed E-state index contributed by atoms with van der Waals surface area (Å²) in [5.41, 5.74) is 0.382. The zero-order valence-electron chi connectivity index (χ0n) is 6.15. The van der Waals surface area contributed by atoms with Crippen LogP contribution in [0.4, 0.5) is 0 Å². The monoisotopic (exact) mass is 152 g/mol. The molecule has 0 N–H and O–H groups in total. The van der Waals surface area contributed by atoms with Crippen LogP contribution in [0.15, 0.2) is 12.3 Å². The Hall–Kier alpha value is -1.29. The van der Waals surface area contributed by atoms with Gasteiger partial charge in [0.05, 0.1) is 0 Å². The van der Waals surface area contributed by atoms with E-state index >= 15 is 0 Å². The number of hydrogen-bond acceptors (Lipinski definition) is 4. The highest BCUT2D eigenvalue weighted by Gasteiger charge is 1.95. The highest BCUT2D eigenvalue weighted by Crippen LogP contribution is 1.93. The predicted octanol–water partition coefficient (Wildman–Crippen LogP) is 0.435. The minimum atomic E-state index is 0.335. The second kappa shape index (κ2) is 3.78. The third-order valence-electron chi connectivity index (χ3n) is 1.12. The smallest absolute Gasteiger partial charge is 0.168 e. The van der Waals surface area contributed by atoms with Crippen molar-refractivity contribution in [2.75, 3.05) is 7.11 Å². The first-order chi connectivity index (χ1) is 5.36. The fourth-order valence-corrected chi connectivity index (χ4v) is 0.679. The average molecular weight is 152 g/mol. The van der Waals surface area contributed by atoms with Crippen LogP contribution >= 0.6 is 0 Å². The molecule has 0 atom stereocenters. The van der Waals surface area contributed by atoms with Gasteiger partial charge in [0.2, 0.25) is 0 Å².